The number of aromatic nitrogens is 1. The summed E-state index contributed by atoms with van der Waals surface area (Å²) < 4.78 is 7.84. The Morgan fingerprint density at radius 1 is 1.27 bits per heavy atom. The van der Waals surface area contributed by atoms with E-state index in [-0.39, 0.29) is 6.23 Å². The van der Waals surface area contributed by atoms with E-state index in [0.717, 1.165) is 13.0 Å². The average Bonchev–Trinajstić information content (AvgIpc) is 2.29. The highest BCUT2D eigenvalue weighted by molar-refractivity contribution is 5.83. The van der Waals surface area contributed by atoms with Crippen LogP contribution in [0, 0.1) is 0 Å². The summed E-state index contributed by atoms with van der Waals surface area (Å²) in [6.45, 7) is 2.92. The summed E-state index contributed by atoms with van der Waals surface area (Å²) in [4.78, 5) is 0. The Balaban J connectivity index is 2.33. The third kappa shape index (κ3) is 1.33. The molecule has 1 aromatic heterocycles. The molecule has 0 unspecified atom stereocenters. The van der Waals surface area contributed by atoms with E-state index in [1.807, 2.05) is 0 Å². The second-order valence-corrected chi connectivity index (χ2v) is 3.98. The van der Waals surface area contributed by atoms with Gasteiger partial charge in [0.15, 0.2) is 11.9 Å². The summed E-state index contributed by atoms with van der Waals surface area (Å²) in [5, 5.41) is 2.67. The van der Waals surface area contributed by atoms with Gasteiger partial charge in [0, 0.05) is 18.4 Å². The Hall–Kier alpha value is -1.41. The highest BCUT2D eigenvalue weighted by Crippen LogP contribution is 2.19. The summed E-state index contributed by atoms with van der Waals surface area (Å²) in [6.07, 6.45) is 3.30. The zero-order valence-corrected chi connectivity index (χ0v) is 8.81. The number of fused-ring (bicyclic) bond motifs is 3. The molecule has 1 atom stereocenters. The van der Waals surface area contributed by atoms with Gasteiger partial charge in [-0.3, -0.25) is 0 Å². The molecule has 0 radical (unpaired) electrons. The van der Waals surface area contributed by atoms with Crippen molar-refractivity contribution in [1.82, 2.24) is 0 Å². The monoisotopic (exact) mass is 200 g/mol. The fourth-order valence-electron chi connectivity index (χ4n) is 2.31. The van der Waals surface area contributed by atoms with Crippen molar-refractivity contribution in [2.45, 2.75) is 19.6 Å². The van der Waals surface area contributed by atoms with Crippen LogP contribution in [-0.4, -0.2) is 6.61 Å². The first-order chi connectivity index (χ1) is 7.36. The lowest BCUT2D eigenvalue weighted by atomic mass is 10.1. The Labute approximate surface area is 89.1 Å². The number of nitrogens with zero attached hydrogens (tertiary/aromatic N) is 1. The summed E-state index contributed by atoms with van der Waals surface area (Å²) in [5.41, 5.74) is 1.40. The third-order valence-electron chi connectivity index (χ3n) is 3.09. The van der Waals surface area contributed by atoms with Crippen LogP contribution >= 0.6 is 0 Å². The molecule has 0 N–H and O–H groups in total. The Morgan fingerprint density at radius 2 is 2.13 bits per heavy atom. The molecule has 1 aliphatic rings. The largest absolute Gasteiger partial charge is 0.321 e. The van der Waals surface area contributed by atoms with Crippen molar-refractivity contribution in [3.05, 3.63) is 42.2 Å². The SMILES string of the molecule is C[C@@H]1OCCc2c3ccccc3cc[n+]21. The number of benzene rings is 1. The summed E-state index contributed by atoms with van der Waals surface area (Å²) in [7, 11) is 0. The van der Waals surface area contributed by atoms with E-state index in [0.29, 0.717) is 0 Å². The molecule has 2 nitrogen and oxygen atoms in total. The Bertz CT molecular complexity index is 507. The summed E-state index contributed by atoms with van der Waals surface area (Å²) in [6, 6.07) is 10.7. The van der Waals surface area contributed by atoms with Gasteiger partial charge in [0.1, 0.15) is 0 Å². The lowest BCUT2D eigenvalue weighted by Crippen LogP contribution is -2.47. The molecule has 0 fully saturated rings. The van der Waals surface area contributed by atoms with Gasteiger partial charge in [-0.1, -0.05) is 18.2 Å². The standard InChI is InChI=1S/C13H14NO/c1-10-14-8-6-11-4-2-3-5-12(11)13(14)7-9-15-10/h2-6,8,10H,7,9H2,1H3/q+1/t10-/m0/s1. The number of hydrogen-bond acceptors (Lipinski definition) is 1. The van der Waals surface area contributed by atoms with Crippen molar-refractivity contribution in [2.24, 2.45) is 0 Å². The van der Waals surface area contributed by atoms with Gasteiger partial charge in [0.25, 0.3) is 6.23 Å². The van der Waals surface area contributed by atoms with Crippen molar-refractivity contribution in [3.63, 3.8) is 0 Å². The molecule has 2 heterocycles. The molecule has 3 rings (SSSR count). The summed E-state index contributed by atoms with van der Waals surface area (Å²) in [5.74, 6) is 0. The van der Waals surface area contributed by atoms with Crippen LogP contribution in [0.25, 0.3) is 10.8 Å². The van der Waals surface area contributed by atoms with Crippen LogP contribution in [0.1, 0.15) is 18.8 Å². The molecule has 0 amide bonds. The van der Waals surface area contributed by atoms with Gasteiger partial charge in [-0.05, 0) is 11.5 Å². The highest BCUT2D eigenvalue weighted by atomic mass is 16.5. The molecular weight excluding hydrogens is 186 g/mol. The number of hydrogen-bond donors (Lipinski definition) is 0. The normalized spacial score (nSPS) is 20.2. The van der Waals surface area contributed by atoms with Crippen LogP contribution in [0.2, 0.25) is 0 Å². The van der Waals surface area contributed by atoms with Gasteiger partial charge in [0.2, 0.25) is 0 Å². The summed E-state index contributed by atoms with van der Waals surface area (Å²) >= 11 is 0. The van der Waals surface area contributed by atoms with E-state index < -0.39 is 0 Å². The van der Waals surface area contributed by atoms with Gasteiger partial charge < -0.3 is 4.74 Å². The predicted molar refractivity (Wildman–Crippen MR) is 58.5 cm³/mol. The maximum absolute atomic E-state index is 5.62. The fraction of sp³-hybridized carbons (Fsp3) is 0.308. The molecule has 0 spiro atoms. The van der Waals surface area contributed by atoms with Crippen molar-refractivity contribution < 1.29 is 9.30 Å². The number of ether oxygens (including phenoxy) is 1. The minimum absolute atomic E-state index is 0.165. The van der Waals surface area contributed by atoms with Gasteiger partial charge in [0.05, 0.1) is 13.0 Å². The van der Waals surface area contributed by atoms with Crippen molar-refractivity contribution in [2.75, 3.05) is 6.61 Å². The lowest BCUT2D eigenvalue weighted by molar-refractivity contribution is -0.771. The molecule has 15 heavy (non-hydrogen) atoms. The molecule has 0 saturated carbocycles. The average molecular weight is 200 g/mol. The third-order valence-corrected chi connectivity index (χ3v) is 3.09. The van der Waals surface area contributed by atoms with E-state index in [4.69, 9.17) is 4.74 Å². The maximum Gasteiger partial charge on any atom is 0.259 e. The highest BCUT2D eigenvalue weighted by Gasteiger charge is 2.25. The van der Waals surface area contributed by atoms with Crippen LogP contribution in [-0.2, 0) is 11.2 Å². The first-order valence-electron chi connectivity index (χ1n) is 5.39. The maximum atomic E-state index is 5.62. The van der Waals surface area contributed by atoms with E-state index >= 15 is 0 Å². The van der Waals surface area contributed by atoms with Crippen LogP contribution in [0.3, 0.4) is 0 Å². The molecule has 1 aromatic carbocycles. The quantitative estimate of drug-likeness (QED) is 0.594. The minimum atomic E-state index is 0.165. The predicted octanol–water partition coefficient (Wildman–Crippen LogP) is 2.22. The van der Waals surface area contributed by atoms with Crippen molar-refractivity contribution in [3.8, 4) is 0 Å². The van der Waals surface area contributed by atoms with E-state index in [9.17, 15) is 0 Å². The second kappa shape index (κ2) is 3.31. The van der Waals surface area contributed by atoms with Crippen molar-refractivity contribution >= 4 is 10.8 Å². The molecule has 0 bridgehead atoms. The molecule has 1 aliphatic heterocycles. The number of pyridine rings is 1. The fourth-order valence-corrected chi connectivity index (χ4v) is 2.31. The molecule has 76 valence electrons. The van der Waals surface area contributed by atoms with Crippen LogP contribution in [0.5, 0.6) is 0 Å². The van der Waals surface area contributed by atoms with Gasteiger partial charge >= 0.3 is 0 Å². The molecule has 2 heteroatoms. The Kier molecular flexibility index (Phi) is 1.96. The Morgan fingerprint density at radius 3 is 3.07 bits per heavy atom. The topological polar surface area (TPSA) is 13.1 Å². The number of rotatable bonds is 0. The molecule has 2 aromatic rings. The first kappa shape index (κ1) is 8.86. The van der Waals surface area contributed by atoms with Crippen LogP contribution in [0.15, 0.2) is 36.5 Å². The van der Waals surface area contributed by atoms with Gasteiger partial charge in [-0.2, -0.15) is 4.57 Å². The van der Waals surface area contributed by atoms with E-state index in [1.54, 1.807) is 0 Å². The van der Waals surface area contributed by atoms with E-state index in [2.05, 4.69) is 48.0 Å². The lowest BCUT2D eigenvalue weighted by Gasteiger charge is -2.18. The second-order valence-electron chi connectivity index (χ2n) is 3.98. The van der Waals surface area contributed by atoms with Crippen LogP contribution < -0.4 is 4.57 Å². The molecular formula is C13H14NO+. The smallest absolute Gasteiger partial charge is 0.259 e. The van der Waals surface area contributed by atoms with Gasteiger partial charge in [-0.25, -0.2) is 0 Å². The minimum Gasteiger partial charge on any atom is -0.321 e. The van der Waals surface area contributed by atoms with Crippen LogP contribution in [0.4, 0.5) is 0 Å². The molecule has 0 aliphatic carbocycles. The zero-order chi connectivity index (χ0) is 10.3. The van der Waals surface area contributed by atoms with E-state index in [1.165, 1.54) is 16.5 Å². The molecule has 0 saturated heterocycles. The first-order valence-corrected chi connectivity index (χ1v) is 5.39. The van der Waals surface area contributed by atoms with Gasteiger partial charge in [-0.15, -0.1) is 0 Å². The zero-order valence-electron chi connectivity index (χ0n) is 8.81. The van der Waals surface area contributed by atoms with Crippen molar-refractivity contribution in [1.29, 1.82) is 0 Å².